The van der Waals surface area contributed by atoms with Gasteiger partial charge >= 0.3 is 0 Å². The zero-order chi connectivity index (χ0) is 95.3. The first-order valence-electron chi connectivity index (χ1n) is 49.6. The summed E-state index contributed by atoms with van der Waals surface area (Å²) in [7, 11) is 0. The van der Waals surface area contributed by atoms with Crippen LogP contribution in [0.25, 0.3) is 154 Å². The van der Waals surface area contributed by atoms with Gasteiger partial charge in [-0.05, 0) is 254 Å². The molecule has 4 heteroatoms. The molecule has 2 heterocycles. The maximum Gasteiger partial charge on any atom is 0.0713 e. The van der Waals surface area contributed by atoms with Gasteiger partial charge < -0.3 is 14.0 Å². The highest BCUT2D eigenvalue weighted by Gasteiger charge is 2.48. The van der Waals surface area contributed by atoms with Crippen molar-refractivity contribution in [2.45, 2.75) is 30.1 Å². The van der Waals surface area contributed by atoms with Crippen molar-refractivity contribution in [2.24, 2.45) is 0 Å². The third kappa shape index (κ3) is 15.3. The minimum Gasteiger partial charge on any atom is -0.309 e. The van der Waals surface area contributed by atoms with Crippen LogP contribution < -0.4 is 4.90 Å². The Morgan fingerprint density at radius 3 is 1.06 bits per heavy atom. The minimum atomic E-state index is -0.456. The molecule has 2 aliphatic rings. The number of aromatic nitrogens is 2. The van der Waals surface area contributed by atoms with Crippen molar-refractivity contribution < 1.29 is 0 Å². The summed E-state index contributed by atoms with van der Waals surface area (Å²) < 4.78 is 6.02. The molecule has 0 saturated carbocycles. The van der Waals surface area contributed by atoms with Crippen molar-refractivity contribution in [2.75, 3.05) is 4.90 Å². The van der Waals surface area contributed by atoms with Crippen LogP contribution in [-0.4, -0.2) is 9.13 Å². The van der Waals surface area contributed by atoms with Crippen molar-refractivity contribution in [1.82, 2.24) is 9.13 Å². The lowest BCUT2D eigenvalue weighted by Gasteiger charge is -2.33. The van der Waals surface area contributed by atoms with Crippen LogP contribution >= 0.6 is 15.9 Å². The second kappa shape index (κ2) is 37.3. The highest BCUT2D eigenvalue weighted by Crippen LogP contribution is 2.60. The molecule has 0 amide bonds. The third-order valence-electron chi connectivity index (χ3n) is 29.7. The summed E-state index contributed by atoms with van der Waals surface area (Å²) in [5.41, 5.74) is 38.7. The topological polar surface area (TPSA) is 13.1 Å². The lowest BCUT2D eigenvalue weighted by molar-refractivity contribution is 0.768. The largest absolute Gasteiger partial charge is 0.309 e. The number of fused-ring (bicyclic) bond motifs is 15. The fourth-order valence-electron chi connectivity index (χ4n) is 23.5. The van der Waals surface area contributed by atoms with Crippen LogP contribution in [0.3, 0.4) is 0 Å². The van der Waals surface area contributed by atoms with Gasteiger partial charge in [0, 0.05) is 53.9 Å². The number of anilines is 3. The van der Waals surface area contributed by atoms with Gasteiger partial charge in [-0.2, -0.15) is 0 Å². The molecular formula is C139H98BrN3. The molecule has 0 spiro atoms. The Balaban J connectivity index is 0.000000129. The van der Waals surface area contributed by atoms with Gasteiger partial charge in [-0.25, -0.2) is 0 Å². The van der Waals surface area contributed by atoms with E-state index in [4.69, 9.17) is 0 Å². The number of halogens is 1. The fourth-order valence-corrected chi connectivity index (χ4v) is 23.9. The van der Waals surface area contributed by atoms with E-state index in [-0.39, 0.29) is 0 Å². The average Bonchev–Trinajstić information content (AvgIpc) is 1.54. The Hall–Kier alpha value is -17.5. The van der Waals surface area contributed by atoms with Crippen LogP contribution in [-0.2, 0) is 23.7 Å². The third-order valence-corrected chi connectivity index (χ3v) is 30.2. The van der Waals surface area contributed by atoms with Gasteiger partial charge in [0.05, 0.1) is 44.3 Å². The maximum absolute atomic E-state index is 3.80. The molecular weight excluding hydrogens is 1790 g/mol. The van der Waals surface area contributed by atoms with Crippen LogP contribution in [0, 0.1) is 0 Å². The number of rotatable bonds is 18. The number of allylic oxidation sites excluding steroid dienone is 1. The molecule has 25 aromatic rings. The summed E-state index contributed by atoms with van der Waals surface area (Å²) in [4.78, 5) is 2.44. The zero-order valence-electron chi connectivity index (χ0n) is 79.0. The van der Waals surface area contributed by atoms with Crippen LogP contribution in [0.15, 0.2) is 557 Å². The van der Waals surface area contributed by atoms with E-state index in [1.54, 1.807) is 0 Å². The van der Waals surface area contributed by atoms with E-state index < -0.39 is 10.8 Å². The van der Waals surface area contributed by atoms with Crippen molar-refractivity contribution in [1.29, 1.82) is 0 Å². The molecule has 2 aliphatic carbocycles. The Kier molecular flexibility index (Phi) is 22.7. The summed E-state index contributed by atoms with van der Waals surface area (Å²) in [6.07, 6.45) is 5.09. The van der Waals surface area contributed by atoms with Crippen molar-refractivity contribution >= 4 is 109 Å². The molecule has 0 atom stereocenters. The number of hydrogen-bond donors (Lipinski definition) is 0. The normalized spacial score (nSPS) is 12.5. The molecule has 27 rings (SSSR count). The molecule has 143 heavy (non-hydrogen) atoms. The number of benzene rings is 23. The zero-order valence-corrected chi connectivity index (χ0v) is 80.6. The summed E-state index contributed by atoms with van der Waals surface area (Å²) in [5, 5.41) is 12.5. The Bertz CT molecular complexity index is 9010. The van der Waals surface area contributed by atoms with Gasteiger partial charge in [-0.3, -0.25) is 0 Å². The molecule has 0 fully saturated rings. The summed E-state index contributed by atoms with van der Waals surface area (Å²) >= 11 is 3.69. The highest BCUT2D eigenvalue weighted by atomic mass is 79.9. The van der Waals surface area contributed by atoms with Gasteiger partial charge in [0.1, 0.15) is 0 Å². The summed E-state index contributed by atoms with van der Waals surface area (Å²) in [6, 6.07) is 198. The Morgan fingerprint density at radius 2 is 0.587 bits per heavy atom. The molecule has 0 unspecified atom stereocenters. The van der Waals surface area contributed by atoms with E-state index in [1.165, 1.54) is 198 Å². The summed E-state index contributed by atoms with van der Waals surface area (Å²) in [5.74, 6) is 0. The van der Waals surface area contributed by atoms with Crippen molar-refractivity contribution in [3.63, 3.8) is 0 Å². The summed E-state index contributed by atoms with van der Waals surface area (Å²) in [6.45, 7) is 3.80. The molecule has 0 N–H and O–H groups in total. The van der Waals surface area contributed by atoms with E-state index in [0.717, 1.165) is 57.7 Å². The van der Waals surface area contributed by atoms with E-state index in [0.29, 0.717) is 0 Å². The van der Waals surface area contributed by atoms with E-state index in [2.05, 4.69) is 576 Å². The predicted octanol–water partition coefficient (Wildman–Crippen LogP) is 37.0. The molecule has 676 valence electrons. The Labute approximate surface area is 843 Å². The van der Waals surface area contributed by atoms with E-state index in [1.807, 2.05) is 6.08 Å². The second-order valence-corrected chi connectivity index (χ2v) is 38.5. The van der Waals surface area contributed by atoms with Crippen LogP contribution in [0.5, 0.6) is 0 Å². The van der Waals surface area contributed by atoms with E-state index >= 15 is 0 Å². The fraction of sp³-hybridized carbons (Fsp3) is 0.0360. The van der Waals surface area contributed by atoms with Gasteiger partial charge in [0.15, 0.2) is 0 Å². The first-order chi connectivity index (χ1) is 70.8. The van der Waals surface area contributed by atoms with Gasteiger partial charge in [0.25, 0.3) is 0 Å². The highest BCUT2D eigenvalue weighted by molar-refractivity contribution is 9.10. The van der Waals surface area contributed by atoms with Crippen molar-refractivity contribution in [3.8, 4) is 78.1 Å². The minimum absolute atomic E-state index is 0.420. The van der Waals surface area contributed by atoms with Gasteiger partial charge in [0.2, 0.25) is 0 Å². The number of hydrogen-bond acceptors (Lipinski definition) is 1. The van der Waals surface area contributed by atoms with Gasteiger partial charge in [-0.1, -0.05) is 477 Å². The van der Waals surface area contributed by atoms with Gasteiger partial charge in [-0.15, -0.1) is 6.58 Å². The van der Waals surface area contributed by atoms with Crippen molar-refractivity contribution in [3.05, 3.63) is 618 Å². The number of aryl methyl sites for hydroxylation is 1. The van der Waals surface area contributed by atoms with Crippen LogP contribution in [0.1, 0.15) is 67.6 Å². The molecule has 0 aliphatic heterocycles. The predicted molar refractivity (Wildman–Crippen MR) is 607 cm³/mol. The molecule has 0 radical (unpaired) electrons. The first-order valence-corrected chi connectivity index (χ1v) is 50.4. The number of nitrogens with zero attached hydrogens (tertiary/aromatic N) is 3. The Morgan fingerprint density at radius 1 is 0.238 bits per heavy atom. The number of para-hydroxylation sites is 2. The monoisotopic (exact) mass is 1890 g/mol. The lowest BCUT2D eigenvalue weighted by atomic mass is 9.68. The molecule has 0 saturated heterocycles. The average molecular weight is 1890 g/mol. The molecule has 0 bridgehead atoms. The maximum atomic E-state index is 3.80. The van der Waals surface area contributed by atoms with Crippen LogP contribution in [0.2, 0.25) is 0 Å². The second-order valence-electron chi connectivity index (χ2n) is 37.6. The molecule has 3 nitrogen and oxygen atoms in total. The van der Waals surface area contributed by atoms with Crippen LogP contribution in [0.4, 0.5) is 17.1 Å². The quantitative estimate of drug-likeness (QED) is 0.0781. The van der Waals surface area contributed by atoms with E-state index in [9.17, 15) is 0 Å². The molecule has 2 aromatic heterocycles. The standard InChI is InChI=1S/C69H46N2.C49H32BrN.C21H20/c1-3-25-51(26-4-1)69(52-27-5-2-6-28-52)63-36-15-13-34-59(63)62-46-54(41-43-64(62)69)71-67-37-16-14-35-60(67)61-42-40-50(45-68(61)71)56-31-12-11-30-55(56)49-24-17-29-53(44-49)70(65-38-18-22-47-20-7-9-32-57(47)65)66-39-19-23-48-21-8-10-33-58(48)66;50-37-19-13-14-33(30-37)39-20-7-8-21-40(39)34-26-28-43-42-23-10-12-25-47(42)51(48(43)31-34)38-27-29-46-44(32-38)41-22-9-11-24-45(41)49(46,35-15-3-1-4-16-35)36-17-5-2-6-18-36;1-2-3-8-17-9-6-10-18(15-17)16-20-13-7-12-19-11-4-5-14-21(19)20/h1-46H;1-32H;2,4-7,9-15H,1,3,8,16H2. The smallest absolute Gasteiger partial charge is 0.0713 e. The first kappa shape index (κ1) is 87.0. The molecule has 23 aromatic carbocycles. The lowest BCUT2D eigenvalue weighted by Crippen LogP contribution is -2.28. The SMILES string of the molecule is Brc1cccc(-c2ccccc2-c2ccc3c4ccccc4n(-c4ccc5c(c4)-c4ccccc4C5(c4ccccc4)c4ccccc4)c3c2)c1.C=CCCc1cccc(Cc2cccc3ccccc23)c1.c1ccc(C2(c3ccccc3)c3ccccc3-c3cc(-n4c5ccccc5c5ccc(-c6ccccc6-c6cccc(N(c7cccc8ccccc78)c7cccc8ccccc78)c6)cc54)ccc32)cc1.